The van der Waals surface area contributed by atoms with Crippen LogP contribution in [0.1, 0.15) is 48.6 Å². The summed E-state index contributed by atoms with van der Waals surface area (Å²) in [7, 11) is 1.73. The van der Waals surface area contributed by atoms with Gasteiger partial charge in [-0.1, -0.05) is 30.3 Å². The molecule has 29 heavy (non-hydrogen) atoms. The molecule has 4 nitrogen and oxygen atoms in total. The minimum atomic E-state index is -0.941. The van der Waals surface area contributed by atoms with Crippen LogP contribution < -0.4 is 10.1 Å². The Hall–Kier alpha value is -1.53. The van der Waals surface area contributed by atoms with Gasteiger partial charge in [0.1, 0.15) is 12.0 Å². The van der Waals surface area contributed by atoms with Crippen LogP contribution in [0.15, 0.2) is 53.4 Å². The highest BCUT2D eigenvalue weighted by Gasteiger charge is 2.33. The summed E-state index contributed by atoms with van der Waals surface area (Å²) in [5, 5.41) is 4.96. The van der Waals surface area contributed by atoms with Crippen molar-refractivity contribution in [2.24, 2.45) is 0 Å². The molecule has 0 spiro atoms. The Morgan fingerprint density at radius 3 is 2.59 bits per heavy atom. The van der Waals surface area contributed by atoms with Crippen molar-refractivity contribution in [2.45, 2.75) is 48.6 Å². The minimum absolute atomic E-state index is 0.290. The summed E-state index contributed by atoms with van der Waals surface area (Å²) < 4.78 is 17.6. The fraction of sp³-hybridized carbons (Fsp3) is 0.500. The van der Waals surface area contributed by atoms with Crippen molar-refractivity contribution in [2.75, 3.05) is 33.0 Å². The van der Waals surface area contributed by atoms with Crippen molar-refractivity contribution in [3.8, 4) is 5.75 Å². The van der Waals surface area contributed by atoms with Crippen molar-refractivity contribution < 1.29 is 9.29 Å². The molecule has 4 rings (SSSR count). The number of hydrogen-bond donors (Lipinski definition) is 0. The highest BCUT2D eigenvalue weighted by atomic mass is 32.2. The molecule has 2 aliphatic rings. The number of rotatable bonds is 5. The first-order valence-corrected chi connectivity index (χ1v) is 12.2. The molecule has 2 heterocycles. The van der Waals surface area contributed by atoms with Crippen LogP contribution in [0.3, 0.4) is 0 Å². The molecule has 0 N–H and O–H groups in total. The predicted molar refractivity (Wildman–Crippen MR) is 118 cm³/mol. The third-order valence-electron chi connectivity index (χ3n) is 6.50. The van der Waals surface area contributed by atoms with E-state index in [0.717, 1.165) is 43.1 Å². The van der Waals surface area contributed by atoms with Gasteiger partial charge in [-0.3, -0.25) is 4.90 Å². The smallest absolute Gasteiger partial charge is 0.155 e. The van der Waals surface area contributed by atoms with Crippen molar-refractivity contribution in [3.63, 3.8) is 0 Å². The number of ether oxygens (including phenoxy) is 1. The van der Waals surface area contributed by atoms with E-state index in [-0.39, 0.29) is 0 Å². The van der Waals surface area contributed by atoms with Crippen molar-refractivity contribution >= 4 is 11.2 Å². The molecule has 3 unspecified atom stereocenters. The summed E-state index contributed by atoms with van der Waals surface area (Å²) in [6.07, 6.45) is 6.51. The second-order valence-electron chi connectivity index (χ2n) is 8.19. The van der Waals surface area contributed by atoms with Crippen LogP contribution in [0, 0.1) is 0 Å². The van der Waals surface area contributed by atoms with Crippen LogP contribution in [0.25, 0.3) is 0 Å². The predicted octanol–water partition coefficient (Wildman–Crippen LogP) is 4.12. The monoisotopic (exact) mass is 411 g/mol. The van der Waals surface area contributed by atoms with Crippen LogP contribution in [-0.2, 0) is 11.2 Å². The lowest BCUT2D eigenvalue weighted by molar-refractivity contribution is 0.0960. The lowest BCUT2D eigenvalue weighted by atomic mass is 9.86. The van der Waals surface area contributed by atoms with Gasteiger partial charge in [0.2, 0.25) is 0 Å². The Bertz CT molecular complexity index is 805. The highest BCUT2D eigenvalue weighted by Crippen LogP contribution is 2.36. The summed E-state index contributed by atoms with van der Waals surface area (Å²) in [6, 6.07) is 16.8. The number of piperidine rings is 2. The zero-order chi connectivity index (χ0) is 20.2. The Morgan fingerprint density at radius 1 is 1.03 bits per heavy atom. The maximum Gasteiger partial charge on any atom is 0.155 e. The van der Waals surface area contributed by atoms with Crippen LogP contribution in [0.4, 0.5) is 0 Å². The van der Waals surface area contributed by atoms with Crippen LogP contribution in [0.5, 0.6) is 5.75 Å². The third kappa shape index (κ3) is 4.80. The van der Waals surface area contributed by atoms with Crippen molar-refractivity contribution in [3.05, 3.63) is 59.7 Å². The number of methoxy groups -OCH3 is 1. The zero-order valence-electron chi connectivity index (χ0n) is 17.4. The van der Waals surface area contributed by atoms with E-state index in [0.29, 0.717) is 18.0 Å². The molecule has 0 bridgehead atoms. The van der Waals surface area contributed by atoms with Gasteiger partial charge in [0, 0.05) is 25.2 Å². The van der Waals surface area contributed by atoms with Gasteiger partial charge in [-0.2, -0.15) is 0 Å². The quantitative estimate of drug-likeness (QED) is 0.696. The molecule has 2 aromatic rings. The van der Waals surface area contributed by atoms with E-state index in [1.54, 1.807) is 13.4 Å². The Morgan fingerprint density at radius 2 is 1.83 bits per heavy atom. The van der Waals surface area contributed by atoms with Gasteiger partial charge in [0.25, 0.3) is 0 Å². The van der Waals surface area contributed by atoms with Gasteiger partial charge in [0.15, 0.2) is 4.90 Å². The van der Waals surface area contributed by atoms with E-state index in [2.05, 4.69) is 35.2 Å². The molecule has 0 aromatic heterocycles. The lowest BCUT2D eigenvalue weighted by Crippen LogP contribution is -2.49. The van der Waals surface area contributed by atoms with Crippen molar-refractivity contribution in [1.29, 1.82) is 0 Å². The average molecular weight is 412 g/mol. The molecular formula is C24H31N2O2S. The first-order chi connectivity index (χ1) is 14.2. The lowest BCUT2D eigenvalue weighted by Gasteiger charge is -2.41. The first kappa shape index (κ1) is 20.7. The van der Waals surface area contributed by atoms with Gasteiger partial charge in [-0.05, 0) is 72.5 Å². The molecule has 155 valence electrons. The van der Waals surface area contributed by atoms with Crippen molar-refractivity contribution in [1.82, 2.24) is 10.2 Å². The topological polar surface area (TPSA) is 49.6 Å². The standard InChI is InChI=1S/C24H31N2O2S/c1-28-21-7-5-6-19(16-21)18-11-14-26(15-12-18)24-17-20(10-13-25-24)22-8-3-4-9-23(22)29(2)27/h3-9,16,18,20,24H,10-15,17H2,1-2H3. The highest BCUT2D eigenvalue weighted by molar-refractivity contribution is 7.90. The maximum atomic E-state index is 12.2. The summed E-state index contributed by atoms with van der Waals surface area (Å²) in [5.74, 6) is 2.00. The minimum Gasteiger partial charge on any atom is -0.612 e. The molecule has 2 fully saturated rings. The fourth-order valence-electron chi connectivity index (χ4n) is 4.88. The molecule has 2 aliphatic heterocycles. The molecule has 0 aliphatic carbocycles. The third-order valence-corrected chi connectivity index (χ3v) is 7.49. The Kier molecular flexibility index (Phi) is 6.81. The largest absolute Gasteiger partial charge is 0.612 e. The fourth-order valence-corrected chi connectivity index (χ4v) is 5.72. The summed E-state index contributed by atoms with van der Waals surface area (Å²) in [6.45, 7) is 3.07. The van der Waals surface area contributed by atoms with Crippen LogP contribution >= 0.6 is 0 Å². The van der Waals surface area contributed by atoms with E-state index < -0.39 is 11.2 Å². The van der Waals surface area contributed by atoms with E-state index in [9.17, 15) is 4.55 Å². The summed E-state index contributed by atoms with van der Waals surface area (Å²) in [4.78, 5) is 3.56. The number of benzene rings is 2. The van der Waals surface area contributed by atoms with E-state index in [4.69, 9.17) is 10.1 Å². The molecule has 3 atom stereocenters. The number of hydrogen-bond acceptors (Lipinski definition) is 3. The normalized spacial score (nSPS) is 24.9. The second-order valence-corrected chi connectivity index (χ2v) is 9.53. The average Bonchev–Trinajstić information content (AvgIpc) is 2.79. The molecular weight excluding hydrogens is 380 g/mol. The zero-order valence-corrected chi connectivity index (χ0v) is 18.2. The first-order valence-electron chi connectivity index (χ1n) is 10.6. The van der Waals surface area contributed by atoms with Crippen LogP contribution in [-0.4, -0.2) is 48.6 Å². The number of likely N-dealkylation sites (tertiary alicyclic amines) is 1. The van der Waals surface area contributed by atoms with Crippen LogP contribution in [0.2, 0.25) is 0 Å². The van der Waals surface area contributed by atoms with Gasteiger partial charge >= 0.3 is 0 Å². The molecule has 5 heteroatoms. The van der Waals surface area contributed by atoms with Gasteiger partial charge < -0.3 is 9.29 Å². The second kappa shape index (κ2) is 9.52. The van der Waals surface area contributed by atoms with Gasteiger partial charge in [-0.25, -0.2) is 5.32 Å². The molecule has 2 aromatic carbocycles. The molecule has 0 saturated carbocycles. The molecule has 1 radical (unpaired) electrons. The van der Waals surface area contributed by atoms with Gasteiger partial charge in [-0.15, -0.1) is 0 Å². The maximum absolute atomic E-state index is 12.2. The summed E-state index contributed by atoms with van der Waals surface area (Å²) in [5.41, 5.74) is 2.65. The summed E-state index contributed by atoms with van der Waals surface area (Å²) >= 11 is -0.941. The molecule has 0 amide bonds. The Balaban J connectivity index is 1.39. The van der Waals surface area contributed by atoms with E-state index in [1.807, 2.05) is 18.2 Å². The van der Waals surface area contributed by atoms with E-state index >= 15 is 0 Å². The Labute approximate surface area is 177 Å². The SMILES string of the molecule is COc1cccc(C2CCN(C3CC(c4ccccc4[S+](C)[O-])CC[N]3)CC2)c1. The molecule has 2 saturated heterocycles. The van der Waals surface area contributed by atoms with E-state index in [1.165, 1.54) is 24.0 Å². The number of nitrogens with zero attached hydrogens (tertiary/aromatic N) is 2. The van der Waals surface area contributed by atoms with Gasteiger partial charge in [0.05, 0.1) is 13.3 Å².